The Balaban J connectivity index is 1.78. The van der Waals surface area contributed by atoms with Gasteiger partial charge in [0.2, 0.25) is 5.09 Å². The number of carbonyl (C=O) groups is 1. The van der Waals surface area contributed by atoms with Gasteiger partial charge in [-0.3, -0.25) is 4.79 Å². The van der Waals surface area contributed by atoms with Crippen LogP contribution in [0.25, 0.3) is 0 Å². The average Bonchev–Trinajstić information content (AvgIpc) is 3.08. The van der Waals surface area contributed by atoms with Crippen LogP contribution in [0.5, 0.6) is 0 Å². The third kappa shape index (κ3) is 3.92. The van der Waals surface area contributed by atoms with Crippen LogP contribution in [0, 0.1) is 11.6 Å². The van der Waals surface area contributed by atoms with Crippen molar-refractivity contribution in [2.75, 3.05) is 13.1 Å². The van der Waals surface area contributed by atoms with Gasteiger partial charge in [0.05, 0.1) is 0 Å². The van der Waals surface area contributed by atoms with Crippen LogP contribution >= 0.6 is 0 Å². The van der Waals surface area contributed by atoms with E-state index in [9.17, 15) is 22.0 Å². The molecule has 3 rings (SSSR count). The summed E-state index contributed by atoms with van der Waals surface area (Å²) in [6.45, 7) is 1.07. The predicted octanol–water partition coefficient (Wildman–Crippen LogP) is 1.08. The number of hydrogen-bond donors (Lipinski definition) is 3. The van der Waals surface area contributed by atoms with Gasteiger partial charge in [-0.05, 0) is 42.8 Å². The summed E-state index contributed by atoms with van der Waals surface area (Å²) >= 11 is 0. The first kappa shape index (κ1) is 18.5. The minimum Gasteiger partial charge on any atom is -0.438 e. The predicted molar refractivity (Wildman–Crippen MR) is 87.9 cm³/mol. The minimum absolute atomic E-state index is 0.205. The number of furan rings is 1. The molecule has 1 amide bonds. The largest absolute Gasteiger partial charge is 0.438 e. The molecule has 4 N–H and O–H groups in total. The molecule has 10 heteroatoms. The van der Waals surface area contributed by atoms with E-state index >= 15 is 0 Å². The molecule has 26 heavy (non-hydrogen) atoms. The zero-order valence-corrected chi connectivity index (χ0v) is 14.4. The van der Waals surface area contributed by atoms with Gasteiger partial charge in [0.15, 0.2) is 17.4 Å². The van der Waals surface area contributed by atoms with Crippen LogP contribution in [-0.4, -0.2) is 33.5 Å². The molecule has 1 aliphatic rings. The fraction of sp³-hybridized carbons (Fsp3) is 0.312. The van der Waals surface area contributed by atoms with E-state index in [0.717, 1.165) is 18.2 Å². The number of halogens is 2. The van der Waals surface area contributed by atoms with Crippen molar-refractivity contribution in [1.82, 2.24) is 10.6 Å². The van der Waals surface area contributed by atoms with Crippen LogP contribution in [-0.2, 0) is 10.0 Å². The lowest BCUT2D eigenvalue weighted by Crippen LogP contribution is -2.50. The van der Waals surface area contributed by atoms with Gasteiger partial charge in [0, 0.05) is 18.5 Å². The Morgan fingerprint density at radius 2 is 2.00 bits per heavy atom. The van der Waals surface area contributed by atoms with Crippen LogP contribution in [0.3, 0.4) is 0 Å². The van der Waals surface area contributed by atoms with Crippen LogP contribution in [0.1, 0.15) is 28.5 Å². The standard InChI is InChI=1S/C16H17F2N3O4S/c17-11-2-1-9(7-12(11)18)10-5-6-20-8-13(10)21-16(22)14-3-4-15(25-14)26(19,23)24/h1-4,7,10,13,20H,5-6,8H2,(H,21,22)(H2,19,23,24). The normalized spacial score (nSPS) is 20.7. The molecule has 1 aromatic heterocycles. The molecule has 1 saturated heterocycles. The lowest BCUT2D eigenvalue weighted by Gasteiger charge is -2.33. The van der Waals surface area contributed by atoms with Gasteiger partial charge in [0.25, 0.3) is 15.9 Å². The second-order valence-corrected chi connectivity index (χ2v) is 7.51. The molecular formula is C16H17F2N3O4S. The third-order valence-corrected chi connectivity index (χ3v) is 5.04. The molecule has 0 aliphatic carbocycles. The second-order valence-electron chi connectivity index (χ2n) is 6.02. The number of piperidine rings is 1. The number of primary sulfonamides is 1. The summed E-state index contributed by atoms with van der Waals surface area (Å²) in [5, 5.41) is 10.3. The molecule has 0 radical (unpaired) electrons. The number of sulfonamides is 1. The molecule has 2 unspecified atom stereocenters. The molecule has 1 aliphatic heterocycles. The fourth-order valence-corrected chi connectivity index (χ4v) is 3.45. The van der Waals surface area contributed by atoms with Crippen molar-refractivity contribution in [2.24, 2.45) is 5.14 Å². The number of hydrogen-bond acceptors (Lipinski definition) is 5. The van der Waals surface area contributed by atoms with Crippen molar-refractivity contribution < 1.29 is 26.4 Å². The molecule has 1 fully saturated rings. The summed E-state index contributed by atoms with van der Waals surface area (Å²) in [5.41, 5.74) is 0.570. The van der Waals surface area contributed by atoms with Gasteiger partial charge in [-0.25, -0.2) is 22.3 Å². The van der Waals surface area contributed by atoms with Crippen LogP contribution in [0.2, 0.25) is 0 Å². The smallest absolute Gasteiger partial charge is 0.287 e. The molecule has 140 valence electrons. The Kier molecular flexibility index (Phi) is 5.08. The van der Waals surface area contributed by atoms with Gasteiger partial charge in [-0.1, -0.05) is 6.07 Å². The maximum absolute atomic E-state index is 13.5. The Hall–Kier alpha value is -2.30. The summed E-state index contributed by atoms with van der Waals surface area (Å²) < 4.78 is 54.1. The zero-order chi connectivity index (χ0) is 18.9. The molecule has 0 spiro atoms. The molecule has 1 aromatic carbocycles. The highest BCUT2D eigenvalue weighted by Gasteiger charge is 2.29. The Bertz CT molecular complexity index is 929. The molecule has 7 nitrogen and oxygen atoms in total. The van der Waals surface area contributed by atoms with Crippen LogP contribution in [0.4, 0.5) is 8.78 Å². The Morgan fingerprint density at radius 1 is 1.23 bits per heavy atom. The first-order chi connectivity index (χ1) is 12.3. The summed E-state index contributed by atoms with van der Waals surface area (Å²) in [5.74, 6) is -2.95. The van der Waals surface area contributed by atoms with Crippen LogP contribution in [0.15, 0.2) is 39.8 Å². The van der Waals surface area contributed by atoms with E-state index in [-0.39, 0.29) is 11.7 Å². The molecular weight excluding hydrogens is 368 g/mol. The van der Waals surface area contributed by atoms with E-state index in [4.69, 9.17) is 9.56 Å². The van der Waals surface area contributed by atoms with E-state index in [2.05, 4.69) is 10.6 Å². The number of rotatable bonds is 4. The number of nitrogens with two attached hydrogens (primary N) is 1. The monoisotopic (exact) mass is 385 g/mol. The molecule has 0 bridgehead atoms. The summed E-state index contributed by atoms with van der Waals surface area (Å²) in [7, 11) is -4.05. The SMILES string of the molecule is NS(=O)(=O)c1ccc(C(=O)NC2CNCCC2c2ccc(F)c(F)c2)o1. The molecule has 0 saturated carbocycles. The third-order valence-electron chi connectivity index (χ3n) is 4.26. The zero-order valence-electron chi connectivity index (χ0n) is 13.5. The quantitative estimate of drug-likeness (QED) is 0.729. The van der Waals surface area contributed by atoms with Gasteiger partial charge in [-0.15, -0.1) is 0 Å². The van der Waals surface area contributed by atoms with Crippen molar-refractivity contribution in [2.45, 2.75) is 23.5 Å². The van der Waals surface area contributed by atoms with Gasteiger partial charge in [-0.2, -0.15) is 0 Å². The average molecular weight is 385 g/mol. The maximum atomic E-state index is 13.5. The summed E-state index contributed by atoms with van der Waals surface area (Å²) in [6.07, 6.45) is 0.608. The van der Waals surface area contributed by atoms with E-state index in [1.165, 1.54) is 12.1 Å². The van der Waals surface area contributed by atoms with Crippen molar-refractivity contribution >= 4 is 15.9 Å². The summed E-state index contributed by atoms with van der Waals surface area (Å²) in [6, 6.07) is 5.55. The summed E-state index contributed by atoms with van der Waals surface area (Å²) in [4.78, 5) is 12.3. The van der Waals surface area contributed by atoms with Gasteiger partial charge >= 0.3 is 0 Å². The number of nitrogens with one attached hydrogen (secondary N) is 2. The number of amides is 1. The molecule has 2 heterocycles. The molecule has 2 aromatic rings. The first-order valence-electron chi connectivity index (χ1n) is 7.85. The first-order valence-corrected chi connectivity index (χ1v) is 9.39. The van der Waals surface area contributed by atoms with E-state index in [0.29, 0.717) is 25.1 Å². The number of benzene rings is 1. The topological polar surface area (TPSA) is 114 Å². The van der Waals surface area contributed by atoms with E-state index < -0.39 is 38.7 Å². The van der Waals surface area contributed by atoms with Crippen molar-refractivity contribution in [3.05, 3.63) is 53.3 Å². The minimum atomic E-state index is -4.05. The van der Waals surface area contributed by atoms with Crippen molar-refractivity contribution in [1.29, 1.82) is 0 Å². The van der Waals surface area contributed by atoms with Gasteiger partial charge < -0.3 is 15.1 Å². The van der Waals surface area contributed by atoms with E-state index in [1.807, 2.05) is 0 Å². The maximum Gasteiger partial charge on any atom is 0.287 e. The van der Waals surface area contributed by atoms with Gasteiger partial charge in [0.1, 0.15) is 0 Å². The Labute approximate surface area is 148 Å². The van der Waals surface area contributed by atoms with Crippen molar-refractivity contribution in [3.63, 3.8) is 0 Å². The highest BCUT2D eigenvalue weighted by Crippen LogP contribution is 2.27. The number of carbonyl (C=O) groups excluding carboxylic acids is 1. The lowest BCUT2D eigenvalue weighted by atomic mass is 9.86. The lowest BCUT2D eigenvalue weighted by molar-refractivity contribution is 0.0891. The van der Waals surface area contributed by atoms with Crippen LogP contribution < -0.4 is 15.8 Å². The second kappa shape index (κ2) is 7.14. The fourth-order valence-electron chi connectivity index (χ4n) is 2.99. The van der Waals surface area contributed by atoms with Crippen molar-refractivity contribution in [3.8, 4) is 0 Å². The molecule has 2 atom stereocenters. The van der Waals surface area contributed by atoms with E-state index in [1.54, 1.807) is 0 Å². The highest BCUT2D eigenvalue weighted by molar-refractivity contribution is 7.89. The highest BCUT2D eigenvalue weighted by atomic mass is 32.2. The Morgan fingerprint density at radius 3 is 2.65 bits per heavy atom.